The number of amides is 2. The van der Waals surface area contributed by atoms with E-state index >= 15 is 0 Å². The van der Waals surface area contributed by atoms with Gasteiger partial charge in [-0.25, -0.2) is 9.59 Å². The molecule has 0 saturated heterocycles. The summed E-state index contributed by atoms with van der Waals surface area (Å²) >= 11 is 0. The van der Waals surface area contributed by atoms with E-state index in [0.717, 1.165) is 0 Å². The van der Waals surface area contributed by atoms with Crippen molar-refractivity contribution < 1.29 is 18.9 Å². The van der Waals surface area contributed by atoms with Crippen molar-refractivity contribution in [2.45, 2.75) is 26.3 Å². The first kappa shape index (κ1) is 14.9. The molecule has 1 unspecified atom stereocenters. The molecule has 0 aliphatic heterocycles. The summed E-state index contributed by atoms with van der Waals surface area (Å²) in [5.74, 6) is -0.193. The van der Waals surface area contributed by atoms with Crippen molar-refractivity contribution in [2.24, 2.45) is 0 Å². The fourth-order valence-corrected chi connectivity index (χ4v) is 1.42. The van der Waals surface area contributed by atoms with Gasteiger partial charge >= 0.3 is 12.0 Å². The number of carboxylic acids is 1. The Kier molecular flexibility index (Phi) is 6.02. The molecule has 1 atom stereocenters. The van der Waals surface area contributed by atoms with Crippen molar-refractivity contribution in [2.75, 3.05) is 18.1 Å². The van der Waals surface area contributed by atoms with Gasteiger partial charge in [0, 0.05) is 28.9 Å². The number of aliphatic carboxylic acids is 1. The van der Waals surface area contributed by atoms with Crippen LogP contribution in [-0.4, -0.2) is 44.9 Å². The molecule has 0 saturated carbocycles. The van der Waals surface area contributed by atoms with Crippen LogP contribution in [0.15, 0.2) is 0 Å². The first-order valence-corrected chi connectivity index (χ1v) is 6.42. The van der Waals surface area contributed by atoms with Crippen molar-refractivity contribution in [1.29, 1.82) is 0 Å². The predicted octanol–water partition coefficient (Wildman–Crippen LogP) is -0.0826. The second-order valence-electron chi connectivity index (χ2n) is 3.74. The number of urea groups is 1. The Hall–Kier alpha value is -1.11. The fraction of sp³-hybridized carbons (Fsp3) is 0.778. The topological polar surface area (TPSA) is 95.5 Å². The van der Waals surface area contributed by atoms with Gasteiger partial charge in [-0.15, -0.1) is 0 Å². The zero-order valence-electron chi connectivity index (χ0n) is 9.70. The molecule has 0 aromatic rings. The zero-order valence-corrected chi connectivity index (χ0v) is 10.5. The first-order chi connectivity index (χ1) is 7.29. The SMILES string of the molecule is CCS(=O)CCNC(=O)NC(C)(C)C(=O)O. The molecule has 7 heteroatoms. The molecule has 0 rings (SSSR count). The third kappa shape index (κ3) is 5.69. The summed E-state index contributed by atoms with van der Waals surface area (Å²) in [6.07, 6.45) is 0. The number of carbonyl (C=O) groups excluding carboxylic acids is 1. The summed E-state index contributed by atoms with van der Waals surface area (Å²) in [5.41, 5.74) is -1.31. The molecule has 3 N–H and O–H groups in total. The molecule has 0 aromatic carbocycles. The third-order valence-corrected chi connectivity index (χ3v) is 3.20. The molecule has 2 amide bonds. The van der Waals surface area contributed by atoms with Gasteiger partial charge in [-0.2, -0.15) is 0 Å². The number of carboxylic acid groups (broad SMARTS) is 1. The number of rotatable bonds is 6. The number of hydrogen-bond acceptors (Lipinski definition) is 3. The van der Waals surface area contributed by atoms with Gasteiger partial charge in [-0.05, 0) is 13.8 Å². The van der Waals surface area contributed by atoms with Crippen molar-refractivity contribution in [3.63, 3.8) is 0 Å². The van der Waals surface area contributed by atoms with Crippen LogP contribution in [0.1, 0.15) is 20.8 Å². The van der Waals surface area contributed by atoms with Crippen LogP contribution >= 0.6 is 0 Å². The van der Waals surface area contributed by atoms with Gasteiger partial charge in [0.05, 0.1) is 0 Å². The van der Waals surface area contributed by atoms with Crippen molar-refractivity contribution in [3.8, 4) is 0 Å². The number of carbonyl (C=O) groups is 2. The van der Waals surface area contributed by atoms with Gasteiger partial charge in [0.1, 0.15) is 5.54 Å². The van der Waals surface area contributed by atoms with Crippen LogP contribution in [0.25, 0.3) is 0 Å². The Morgan fingerprint density at radius 2 is 1.94 bits per heavy atom. The number of nitrogens with one attached hydrogen (secondary N) is 2. The van der Waals surface area contributed by atoms with Crippen molar-refractivity contribution >= 4 is 22.8 Å². The number of hydrogen-bond donors (Lipinski definition) is 3. The highest BCUT2D eigenvalue weighted by atomic mass is 32.2. The van der Waals surface area contributed by atoms with Crippen LogP contribution < -0.4 is 10.6 Å². The maximum atomic E-state index is 11.2. The largest absolute Gasteiger partial charge is 0.480 e. The average molecular weight is 250 g/mol. The van der Waals surface area contributed by atoms with Gasteiger partial charge in [0.25, 0.3) is 0 Å². The quantitative estimate of drug-likeness (QED) is 0.614. The van der Waals surface area contributed by atoms with Crippen LogP contribution in [0, 0.1) is 0 Å². The molecule has 0 aliphatic carbocycles. The van der Waals surface area contributed by atoms with Gasteiger partial charge in [-0.3, -0.25) is 4.21 Å². The maximum Gasteiger partial charge on any atom is 0.328 e. The smallest absolute Gasteiger partial charge is 0.328 e. The molecule has 0 fully saturated rings. The average Bonchev–Trinajstić information content (AvgIpc) is 2.16. The zero-order chi connectivity index (χ0) is 12.8. The van der Waals surface area contributed by atoms with Crippen LogP contribution in [0.5, 0.6) is 0 Å². The first-order valence-electron chi connectivity index (χ1n) is 4.94. The fourth-order valence-electron chi connectivity index (χ4n) is 0.804. The lowest BCUT2D eigenvalue weighted by molar-refractivity contribution is -0.142. The minimum atomic E-state index is -1.31. The molecule has 16 heavy (non-hydrogen) atoms. The van der Waals surface area contributed by atoms with E-state index in [-0.39, 0.29) is 6.54 Å². The van der Waals surface area contributed by atoms with E-state index in [9.17, 15) is 13.8 Å². The predicted molar refractivity (Wildman–Crippen MR) is 61.8 cm³/mol. The monoisotopic (exact) mass is 250 g/mol. The summed E-state index contributed by atoms with van der Waals surface area (Å²) < 4.78 is 11.0. The van der Waals surface area contributed by atoms with E-state index in [1.165, 1.54) is 13.8 Å². The Labute approximate surface area is 97.3 Å². The highest BCUT2D eigenvalue weighted by molar-refractivity contribution is 7.84. The highest BCUT2D eigenvalue weighted by Gasteiger charge is 2.28. The molecule has 0 heterocycles. The molecular weight excluding hydrogens is 232 g/mol. The molecule has 0 aliphatic rings. The summed E-state index contributed by atoms with van der Waals surface area (Å²) in [4.78, 5) is 21.9. The Bertz CT molecular complexity index is 291. The van der Waals surface area contributed by atoms with Crippen molar-refractivity contribution in [3.05, 3.63) is 0 Å². The van der Waals surface area contributed by atoms with E-state index in [4.69, 9.17) is 5.11 Å². The second-order valence-corrected chi connectivity index (χ2v) is 5.61. The molecule has 0 aromatic heterocycles. The lowest BCUT2D eigenvalue weighted by atomic mass is 10.1. The lowest BCUT2D eigenvalue weighted by Gasteiger charge is -2.21. The van der Waals surface area contributed by atoms with Gasteiger partial charge in [-0.1, -0.05) is 6.92 Å². The van der Waals surface area contributed by atoms with E-state index in [0.29, 0.717) is 11.5 Å². The summed E-state index contributed by atoms with van der Waals surface area (Å²) in [5, 5.41) is 13.5. The van der Waals surface area contributed by atoms with Crippen LogP contribution in [0.3, 0.4) is 0 Å². The van der Waals surface area contributed by atoms with Crippen LogP contribution in [-0.2, 0) is 15.6 Å². The van der Waals surface area contributed by atoms with Gasteiger partial charge in [0.15, 0.2) is 0 Å². The van der Waals surface area contributed by atoms with Crippen molar-refractivity contribution in [1.82, 2.24) is 10.6 Å². The minimum Gasteiger partial charge on any atom is -0.480 e. The summed E-state index contributed by atoms with van der Waals surface area (Å²) in [6.45, 7) is 4.84. The Balaban J connectivity index is 3.92. The summed E-state index contributed by atoms with van der Waals surface area (Å²) in [7, 11) is -0.934. The second kappa shape index (κ2) is 6.47. The maximum absolute atomic E-state index is 11.2. The van der Waals surface area contributed by atoms with E-state index in [1.807, 2.05) is 0 Å². The molecule has 94 valence electrons. The van der Waals surface area contributed by atoms with Gasteiger partial charge in [0.2, 0.25) is 0 Å². The Morgan fingerprint density at radius 3 is 2.38 bits per heavy atom. The Morgan fingerprint density at radius 1 is 1.38 bits per heavy atom. The third-order valence-electron chi connectivity index (χ3n) is 1.90. The standard InChI is InChI=1S/C9H18N2O4S/c1-4-16(15)6-5-10-8(14)11-9(2,3)7(12)13/h4-6H2,1-3H3,(H,12,13)(H2,10,11,14). The minimum absolute atomic E-state index is 0.266. The molecule has 0 radical (unpaired) electrons. The molecule has 0 spiro atoms. The van der Waals surface area contributed by atoms with E-state index in [2.05, 4.69) is 10.6 Å². The highest BCUT2D eigenvalue weighted by Crippen LogP contribution is 2.00. The van der Waals surface area contributed by atoms with Crippen LogP contribution in [0.4, 0.5) is 4.79 Å². The van der Waals surface area contributed by atoms with E-state index < -0.39 is 28.3 Å². The van der Waals surface area contributed by atoms with E-state index in [1.54, 1.807) is 6.92 Å². The normalized spacial score (nSPS) is 12.9. The molecule has 0 bridgehead atoms. The summed E-state index contributed by atoms with van der Waals surface area (Å²) in [6, 6.07) is -0.569. The van der Waals surface area contributed by atoms with Gasteiger partial charge < -0.3 is 15.7 Å². The van der Waals surface area contributed by atoms with Crippen LogP contribution in [0.2, 0.25) is 0 Å². The molecule has 6 nitrogen and oxygen atoms in total. The molecular formula is C9H18N2O4S. The lowest BCUT2D eigenvalue weighted by Crippen LogP contribution is -2.53.